The Labute approximate surface area is 106 Å². The van der Waals surface area contributed by atoms with Crippen LogP contribution in [0.15, 0.2) is 18.2 Å². The summed E-state index contributed by atoms with van der Waals surface area (Å²) in [4.78, 5) is 20.6. The highest BCUT2D eigenvalue weighted by Gasteiger charge is 2.25. The van der Waals surface area contributed by atoms with Crippen LogP contribution in [0.2, 0.25) is 0 Å². The van der Waals surface area contributed by atoms with E-state index < -0.39 is 0 Å². The van der Waals surface area contributed by atoms with E-state index in [0.29, 0.717) is 32.0 Å². The molecule has 1 aromatic carbocycles. The van der Waals surface area contributed by atoms with Gasteiger partial charge in [-0.3, -0.25) is 9.68 Å². The Hall–Kier alpha value is -1.37. The van der Waals surface area contributed by atoms with Gasteiger partial charge >= 0.3 is 7.48 Å². The molecular formula is C12H15BO5. The van der Waals surface area contributed by atoms with E-state index in [1.54, 1.807) is 12.1 Å². The summed E-state index contributed by atoms with van der Waals surface area (Å²) in [5.41, 5.74) is 1.54. The summed E-state index contributed by atoms with van der Waals surface area (Å²) >= 11 is 0. The first-order valence-corrected chi connectivity index (χ1v) is 5.89. The van der Waals surface area contributed by atoms with Gasteiger partial charge in [0.1, 0.15) is 12.0 Å². The number of rotatable bonds is 6. The quantitative estimate of drug-likeness (QED) is 0.250. The van der Waals surface area contributed by atoms with Gasteiger partial charge in [0.25, 0.3) is 0 Å². The molecular weight excluding hydrogens is 235 g/mol. The molecule has 18 heavy (non-hydrogen) atoms. The van der Waals surface area contributed by atoms with Crippen molar-refractivity contribution >= 4 is 13.8 Å². The zero-order valence-corrected chi connectivity index (χ0v) is 10.3. The lowest BCUT2D eigenvalue weighted by molar-refractivity contribution is -0.183. The van der Waals surface area contributed by atoms with Gasteiger partial charge in [0.05, 0.1) is 6.61 Å². The monoisotopic (exact) mass is 250 g/mol. The molecule has 1 aromatic rings. The van der Waals surface area contributed by atoms with Crippen LogP contribution in [0.3, 0.4) is 0 Å². The standard InChI is InChI=1S/C12H15BO5/c1-2-15-8-16-12-5-9(6-14)3-4-10(12)11-7-17-18-13-11/h3-6,11,13H,2,7-8H2,1H3. The average molecular weight is 250 g/mol. The summed E-state index contributed by atoms with van der Waals surface area (Å²) in [7, 11) is 0.491. The van der Waals surface area contributed by atoms with Gasteiger partial charge in [-0.1, -0.05) is 12.1 Å². The maximum absolute atomic E-state index is 10.8. The smallest absolute Gasteiger partial charge is 0.333 e. The first kappa shape index (κ1) is 13.1. The highest BCUT2D eigenvalue weighted by molar-refractivity contribution is 6.30. The normalized spacial score (nSPS) is 18.4. The number of benzene rings is 1. The minimum atomic E-state index is 0.127. The molecule has 1 unspecified atom stereocenters. The van der Waals surface area contributed by atoms with Gasteiger partial charge in [0.2, 0.25) is 0 Å². The largest absolute Gasteiger partial charge is 0.467 e. The van der Waals surface area contributed by atoms with Crippen LogP contribution in [0.4, 0.5) is 0 Å². The predicted octanol–water partition coefficient (Wildman–Crippen LogP) is 1.23. The van der Waals surface area contributed by atoms with Crippen molar-refractivity contribution in [1.29, 1.82) is 0 Å². The third-order valence-electron chi connectivity index (χ3n) is 2.74. The molecule has 1 aliphatic heterocycles. The fourth-order valence-electron chi connectivity index (χ4n) is 1.76. The molecule has 0 radical (unpaired) electrons. The zero-order valence-electron chi connectivity index (χ0n) is 10.3. The minimum absolute atomic E-state index is 0.127. The second-order valence-electron chi connectivity index (χ2n) is 3.94. The van der Waals surface area contributed by atoms with E-state index in [2.05, 4.69) is 0 Å². The first-order chi connectivity index (χ1) is 8.85. The molecule has 0 bridgehead atoms. The number of hydrogen-bond acceptors (Lipinski definition) is 5. The molecule has 1 aliphatic rings. The number of aldehydes is 1. The average Bonchev–Trinajstić information content (AvgIpc) is 2.92. The molecule has 1 atom stereocenters. The van der Waals surface area contributed by atoms with E-state index in [9.17, 15) is 4.79 Å². The van der Waals surface area contributed by atoms with E-state index in [4.69, 9.17) is 19.2 Å². The second-order valence-corrected chi connectivity index (χ2v) is 3.94. The predicted molar refractivity (Wildman–Crippen MR) is 65.9 cm³/mol. The summed E-state index contributed by atoms with van der Waals surface area (Å²) in [6, 6.07) is 5.33. The van der Waals surface area contributed by atoms with Crippen molar-refractivity contribution in [2.45, 2.75) is 12.7 Å². The van der Waals surface area contributed by atoms with Gasteiger partial charge in [-0.25, -0.2) is 0 Å². The van der Waals surface area contributed by atoms with Gasteiger partial charge in [-0.2, -0.15) is 0 Å². The summed E-state index contributed by atoms with van der Waals surface area (Å²) < 4.78 is 10.7. The van der Waals surface area contributed by atoms with Crippen molar-refractivity contribution in [3.8, 4) is 5.75 Å². The van der Waals surface area contributed by atoms with Gasteiger partial charge in [-0.05, 0) is 18.6 Å². The van der Waals surface area contributed by atoms with Crippen LogP contribution in [0.5, 0.6) is 5.75 Å². The number of carbonyl (C=O) groups is 1. The Morgan fingerprint density at radius 2 is 2.44 bits per heavy atom. The van der Waals surface area contributed by atoms with Crippen LogP contribution in [-0.2, 0) is 14.4 Å². The molecule has 0 amide bonds. The van der Waals surface area contributed by atoms with Crippen LogP contribution in [0.25, 0.3) is 0 Å². The molecule has 6 heteroatoms. The lowest BCUT2D eigenvalue weighted by Crippen LogP contribution is -2.10. The van der Waals surface area contributed by atoms with Crippen LogP contribution in [0, 0.1) is 0 Å². The summed E-state index contributed by atoms with van der Waals surface area (Å²) in [6.45, 7) is 3.13. The van der Waals surface area contributed by atoms with E-state index in [1.807, 2.05) is 13.0 Å². The van der Waals surface area contributed by atoms with Crippen molar-refractivity contribution in [2.24, 2.45) is 0 Å². The molecule has 0 N–H and O–H groups in total. The van der Waals surface area contributed by atoms with E-state index >= 15 is 0 Å². The molecule has 1 fully saturated rings. The highest BCUT2D eigenvalue weighted by atomic mass is 17.2. The highest BCUT2D eigenvalue weighted by Crippen LogP contribution is 2.30. The SMILES string of the molecule is CCOCOc1cc(C=O)ccc1C1BOOC1. The van der Waals surface area contributed by atoms with Crippen molar-refractivity contribution in [3.05, 3.63) is 29.3 Å². The number of carbonyl (C=O) groups excluding carboxylic acids is 1. The van der Waals surface area contributed by atoms with Gasteiger partial charge in [0, 0.05) is 18.0 Å². The molecule has 0 aliphatic carbocycles. The third-order valence-corrected chi connectivity index (χ3v) is 2.74. The lowest BCUT2D eigenvalue weighted by Gasteiger charge is -2.14. The van der Waals surface area contributed by atoms with Crippen molar-refractivity contribution in [2.75, 3.05) is 20.0 Å². The molecule has 5 nitrogen and oxygen atoms in total. The van der Waals surface area contributed by atoms with Crippen LogP contribution >= 0.6 is 0 Å². The first-order valence-electron chi connectivity index (χ1n) is 5.89. The van der Waals surface area contributed by atoms with Crippen LogP contribution < -0.4 is 4.74 Å². The second kappa shape index (κ2) is 6.54. The minimum Gasteiger partial charge on any atom is -0.467 e. The third kappa shape index (κ3) is 3.10. The van der Waals surface area contributed by atoms with Gasteiger partial charge in [0.15, 0.2) is 6.79 Å². The van der Waals surface area contributed by atoms with Gasteiger partial charge in [-0.15, -0.1) is 0 Å². The van der Waals surface area contributed by atoms with Crippen molar-refractivity contribution in [3.63, 3.8) is 0 Å². The van der Waals surface area contributed by atoms with Crippen molar-refractivity contribution in [1.82, 2.24) is 0 Å². The molecule has 0 saturated carbocycles. The summed E-state index contributed by atoms with van der Waals surface area (Å²) in [6.07, 6.45) is 0.791. The van der Waals surface area contributed by atoms with E-state index in [-0.39, 0.29) is 12.6 Å². The van der Waals surface area contributed by atoms with E-state index in [1.165, 1.54) is 0 Å². The Kier molecular flexibility index (Phi) is 4.75. The molecule has 2 rings (SSSR count). The fraction of sp³-hybridized carbons (Fsp3) is 0.417. The zero-order chi connectivity index (χ0) is 12.8. The molecule has 96 valence electrons. The number of ether oxygens (including phenoxy) is 2. The molecule has 0 aromatic heterocycles. The van der Waals surface area contributed by atoms with Gasteiger partial charge < -0.3 is 14.3 Å². The Balaban J connectivity index is 2.17. The summed E-state index contributed by atoms with van der Waals surface area (Å²) in [5, 5.41) is 0. The lowest BCUT2D eigenvalue weighted by atomic mass is 9.76. The summed E-state index contributed by atoms with van der Waals surface area (Å²) in [5.74, 6) is 0.773. The molecule has 1 saturated heterocycles. The number of hydrogen-bond donors (Lipinski definition) is 0. The maximum atomic E-state index is 10.8. The molecule has 0 spiro atoms. The van der Waals surface area contributed by atoms with Crippen LogP contribution in [0.1, 0.15) is 28.7 Å². The Morgan fingerprint density at radius 3 is 3.11 bits per heavy atom. The van der Waals surface area contributed by atoms with E-state index in [0.717, 1.165) is 11.8 Å². The topological polar surface area (TPSA) is 54.0 Å². The Morgan fingerprint density at radius 1 is 1.56 bits per heavy atom. The van der Waals surface area contributed by atoms with Crippen LogP contribution in [-0.4, -0.2) is 33.8 Å². The Bertz CT molecular complexity index is 403. The van der Waals surface area contributed by atoms with Crippen molar-refractivity contribution < 1.29 is 24.0 Å². The molecule has 1 heterocycles. The maximum Gasteiger partial charge on any atom is 0.333 e. The fourth-order valence-corrected chi connectivity index (χ4v) is 1.76.